The van der Waals surface area contributed by atoms with Crippen molar-refractivity contribution in [2.45, 2.75) is 26.9 Å². The summed E-state index contributed by atoms with van der Waals surface area (Å²) in [6.07, 6.45) is 5.38. The normalized spacial score (nSPS) is 13.0. The van der Waals surface area contributed by atoms with Crippen molar-refractivity contribution in [2.24, 2.45) is 0 Å². The van der Waals surface area contributed by atoms with Crippen LogP contribution in [0.3, 0.4) is 0 Å². The van der Waals surface area contributed by atoms with E-state index in [0.29, 0.717) is 12.4 Å². The zero-order valence-electron chi connectivity index (χ0n) is 16.4. The van der Waals surface area contributed by atoms with Crippen LogP contribution in [0, 0.1) is 13.8 Å². The molecule has 1 aliphatic rings. The maximum Gasteiger partial charge on any atom is 0.235 e. The first-order chi connectivity index (χ1) is 14.2. The van der Waals surface area contributed by atoms with E-state index in [-0.39, 0.29) is 0 Å². The summed E-state index contributed by atoms with van der Waals surface area (Å²) in [6.45, 7) is 5.59. The van der Waals surface area contributed by atoms with Crippen molar-refractivity contribution in [1.82, 2.24) is 25.1 Å². The van der Waals surface area contributed by atoms with Crippen molar-refractivity contribution in [3.8, 4) is 22.5 Å². The van der Waals surface area contributed by atoms with Crippen LogP contribution in [0.1, 0.15) is 28.4 Å². The predicted octanol–water partition coefficient (Wildman–Crippen LogP) is 4.73. The predicted molar refractivity (Wildman–Crippen MR) is 112 cm³/mol. The third-order valence-electron chi connectivity index (χ3n) is 5.36. The first kappa shape index (κ1) is 17.4. The molecule has 0 bridgehead atoms. The van der Waals surface area contributed by atoms with Crippen LogP contribution >= 0.6 is 0 Å². The minimum absolute atomic E-state index is 0.578. The van der Waals surface area contributed by atoms with E-state index < -0.39 is 0 Å². The number of fused-ring (bicyclic) bond motifs is 1. The van der Waals surface area contributed by atoms with Gasteiger partial charge in [0.25, 0.3) is 0 Å². The zero-order chi connectivity index (χ0) is 19.8. The lowest BCUT2D eigenvalue weighted by atomic mass is 9.99. The van der Waals surface area contributed by atoms with Gasteiger partial charge in [-0.1, -0.05) is 42.5 Å². The summed E-state index contributed by atoms with van der Waals surface area (Å²) in [5.41, 5.74) is 8.19. The summed E-state index contributed by atoms with van der Waals surface area (Å²) in [4.78, 5) is 10.3. The fourth-order valence-electron chi connectivity index (χ4n) is 3.54. The smallest absolute Gasteiger partial charge is 0.235 e. The standard InChI is InChI=1S/C23H21N5O/c1-15-3-4-19(11-16(15)2)17-5-7-18(8-6-17)23-25-20-9-10-28(12-21(20)26-23)13-22-27-24-14-29-22/h3-11,14H,12-13H2,1-2H3,(H,25,26). The van der Waals surface area contributed by atoms with Crippen LogP contribution in [0.25, 0.3) is 28.6 Å². The Morgan fingerprint density at radius 3 is 2.55 bits per heavy atom. The fraction of sp³-hybridized carbons (Fsp3) is 0.174. The third-order valence-corrected chi connectivity index (χ3v) is 5.36. The van der Waals surface area contributed by atoms with Crippen molar-refractivity contribution in [3.05, 3.63) is 83.5 Å². The third kappa shape index (κ3) is 3.45. The average Bonchev–Trinajstić information content (AvgIpc) is 3.40. The summed E-state index contributed by atoms with van der Waals surface area (Å²) >= 11 is 0. The Hall–Kier alpha value is -3.67. The van der Waals surface area contributed by atoms with Gasteiger partial charge < -0.3 is 14.3 Å². The summed E-state index contributed by atoms with van der Waals surface area (Å²) in [7, 11) is 0. The summed E-state index contributed by atoms with van der Waals surface area (Å²) in [5.74, 6) is 1.48. The minimum atomic E-state index is 0.578. The second kappa shape index (κ2) is 7.05. The van der Waals surface area contributed by atoms with Crippen LogP contribution in [0.15, 0.2) is 59.5 Å². The highest BCUT2D eigenvalue weighted by molar-refractivity contribution is 5.69. The van der Waals surface area contributed by atoms with E-state index in [4.69, 9.17) is 9.40 Å². The molecule has 0 saturated carbocycles. The Bertz CT molecular complexity index is 1170. The average molecular weight is 383 g/mol. The second-order valence-corrected chi connectivity index (χ2v) is 7.38. The molecule has 3 heterocycles. The van der Waals surface area contributed by atoms with E-state index in [1.165, 1.54) is 28.6 Å². The lowest BCUT2D eigenvalue weighted by Gasteiger charge is -2.20. The molecule has 0 atom stereocenters. The Morgan fingerprint density at radius 2 is 1.79 bits per heavy atom. The molecule has 2 aromatic heterocycles. The van der Waals surface area contributed by atoms with Crippen molar-refractivity contribution in [2.75, 3.05) is 0 Å². The van der Waals surface area contributed by atoms with Gasteiger partial charge in [0.1, 0.15) is 5.82 Å². The largest absolute Gasteiger partial charge is 0.426 e. The van der Waals surface area contributed by atoms with Crippen molar-refractivity contribution in [1.29, 1.82) is 0 Å². The maximum absolute atomic E-state index is 5.24. The number of hydrogen-bond acceptors (Lipinski definition) is 5. The van der Waals surface area contributed by atoms with Gasteiger partial charge in [-0.2, -0.15) is 0 Å². The highest BCUT2D eigenvalue weighted by atomic mass is 16.4. The number of aromatic amines is 1. The maximum atomic E-state index is 5.24. The van der Waals surface area contributed by atoms with Gasteiger partial charge >= 0.3 is 0 Å². The van der Waals surface area contributed by atoms with Crippen LogP contribution in [-0.2, 0) is 13.1 Å². The van der Waals surface area contributed by atoms with Crippen LogP contribution in [0.4, 0.5) is 0 Å². The number of imidazole rings is 1. The van der Waals surface area contributed by atoms with E-state index in [1.54, 1.807) is 0 Å². The molecule has 0 radical (unpaired) electrons. The van der Waals surface area contributed by atoms with Gasteiger partial charge in [-0.15, -0.1) is 10.2 Å². The Kier molecular flexibility index (Phi) is 4.24. The molecule has 4 aromatic rings. The van der Waals surface area contributed by atoms with Crippen LogP contribution < -0.4 is 0 Å². The molecule has 0 spiro atoms. The van der Waals surface area contributed by atoms with Crippen LogP contribution in [0.2, 0.25) is 0 Å². The molecule has 0 unspecified atom stereocenters. The topological polar surface area (TPSA) is 70.8 Å². The lowest BCUT2D eigenvalue weighted by molar-refractivity contribution is 0.310. The van der Waals surface area contributed by atoms with Gasteiger partial charge in [0.05, 0.1) is 24.5 Å². The van der Waals surface area contributed by atoms with Gasteiger partial charge in [-0.3, -0.25) is 0 Å². The number of H-pyrrole nitrogens is 1. The van der Waals surface area contributed by atoms with Crippen molar-refractivity contribution >= 4 is 6.08 Å². The SMILES string of the molecule is Cc1ccc(-c2ccc(-c3nc4c([nH]3)CN(Cc3nnco3)C=C4)cc2)cc1C. The Balaban J connectivity index is 1.35. The Morgan fingerprint density at radius 1 is 1.00 bits per heavy atom. The molecular weight excluding hydrogens is 362 g/mol. The molecule has 0 amide bonds. The first-order valence-corrected chi connectivity index (χ1v) is 9.60. The van der Waals surface area contributed by atoms with Crippen LogP contribution in [-0.4, -0.2) is 25.1 Å². The molecule has 144 valence electrons. The zero-order valence-corrected chi connectivity index (χ0v) is 16.4. The fourth-order valence-corrected chi connectivity index (χ4v) is 3.54. The molecule has 1 aliphatic heterocycles. The van der Waals surface area contributed by atoms with Gasteiger partial charge in [-0.05, 0) is 42.2 Å². The summed E-state index contributed by atoms with van der Waals surface area (Å²) in [5, 5.41) is 7.67. The monoisotopic (exact) mass is 383 g/mol. The molecule has 2 aromatic carbocycles. The van der Waals surface area contributed by atoms with Crippen molar-refractivity contribution in [3.63, 3.8) is 0 Å². The molecule has 5 rings (SSSR count). The molecular formula is C23H21N5O. The number of nitrogens with one attached hydrogen (secondary N) is 1. The molecule has 0 saturated heterocycles. The van der Waals surface area contributed by atoms with Gasteiger partial charge in [0.2, 0.25) is 12.3 Å². The quantitative estimate of drug-likeness (QED) is 0.552. The number of hydrogen-bond donors (Lipinski definition) is 1. The minimum Gasteiger partial charge on any atom is -0.426 e. The molecule has 1 N–H and O–H groups in total. The van der Waals surface area contributed by atoms with E-state index in [1.807, 2.05) is 12.3 Å². The van der Waals surface area contributed by atoms with E-state index in [2.05, 4.69) is 76.4 Å². The van der Waals surface area contributed by atoms with E-state index >= 15 is 0 Å². The van der Waals surface area contributed by atoms with Crippen LogP contribution in [0.5, 0.6) is 0 Å². The van der Waals surface area contributed by atoms with Gasteiger partial charge in [-0.25, -0.2) is 4.98 Å². The number of benzene rings is 2. The van der Waals surface area contributed by atoms with E-state index in [9.17, 15) is 0 Å². The van der Waals surface area contributed by atoms with Gasteiger partial charge in [0.15, 0.2) is 0 Å². The molecule has 6 nitrogen and oxygen atoms in total. The molecule has 0 aliphatic carbocycles. The molecule has 29 heavy (non-hydrogen) atoms. The molecule has 6 heteroatoms. The summed E-state index contributed by atoms with van der Waals surface area (Å²) < 4.78 is 5.24. The highest BCUT2D eigenvalue weighted by Gasteiger charge is 2.17. The number of rotatable bonds is 4. The highest BCUT2D eigenvalue weighted by Crippen LogP contribution is 2.27. The number of nitrogens with zero attached hydrogens (tertiary/aromatic N) is 4. The Labute approximate surface area is 168 Å². The first-order valence-electron chi connectivity index (χ1n) is 9.60. The lowest BCUT2D eigenvalue weighted by Crippen LogP contribution is -2.19. The summed E-state index contributed by atoms with van der Waals surface area (Å²) in [6, 6.07) is 15.1. The molecule has 0 fully saturated rings. The second-order valence-electron chi connectivity index (χ2n) is 7.38. The van der Waals surface area contributed by atoms with E-state index in [0.717, 1.165) is 29.3 Å². The number of aromatic nitrogens is 4. The van der Waals surface area contributed by atoms with Crippen molar-refractivity contribution < 1.29 is 4.42 Å². The van der Waals surface area contributed by atoms with Gasteiger partial charge in [0, 0.05) is 11.8 Å². The number of aryl methyl sites for hydroxylation is 2.